The average Bonchev–Trinajstić information content (AvgIpc) is 3.12. The molecule has 0 amide bonds. The molecule has 0 bridgehead atoms. The van der Waals surface area contributed by atoms with E-state index >= 15 is 0 Å². The van der Waals surface area contributed by atoms with Crippen LogP contribution in [0.15, 0.2) is 18.2 Å². The molecule has 0 spiro atoms. The van der Waals surface area contributed by atoms with E-state index in [4.69, 9.17) is 11.6 Å². The quantitative estimate of drug-likeness (QED) is 0.815. The molecule has 1 aromatic rings. The Morgan fingerprint density at radius 1 is 1.47 bits per heavy atom. The highest BCUT2D eigenvalue weighted by atomic mass is 35.5. The topological polar surface area (TPSA) is 12.0 Å². The van der Waals surface area contributed by atoms with Crippen LogP contribution in [0.2, 0.25) is 5.02 Å². The van der Waals surface area contributed by atoms with Crippen LogP contribution in [0.3, 0.4) is 0 Å². The summed E-state index contributed by atoms with van der Waals surface area (Å²) in [4.78, 5) is 0. The van der Waals surface area contributed by atoms with E-state index in [1.165, 1.54) is 18.9 Å². The van der Waals surface area contributed by atoms with Crippen molar-refractivity contribution < 1.29 is 4.39 Å². The van der Waals surface area contributed by atoms with Crippen molar-refractivity contribution in [2.24, 2.45) is 5.92 Å². The van der Waals surface area contributed by atoms with Crippen LogP contribution >= 0.6 is 11.6 Å². The molecule has 1 aliphatic rings. The number of aryl methyl sites for hydroxylation is 1. The van der Waals surface area contributed by atoms with Crippen molar-refractivity contribution in [3.63, 3.8) is 0 Å². The second-order valence-electron chi connectivity index (χ2n) is 5.04. The molecule has 1 N–H and O–H groups in total. The Balaban J connectivity index is 1.77. The number of nitrogens with one attached hydrogen (secondary N) is 1. The van der Waals surface area contributed by atoms with Crippen LogP contribution in [-0.4, -0.2) is 12.6 Å². The van der Waals surface area contributed by atoms with Crippen LogP contribution in [0.4, 0.5) is 4.39 Å². The lowest BCUT2D eigenvalue weighted by Crippen LogP contribution is -2.23. The molecule has 1 saturated carbocycles. The molecule has 0 radical (unpaired) electrons. The van der Waals surface area contributed by atoms with Crippen molar-refractivity contribution >= 4 is 11.6 Å². The van der Waals surface area contributed by atoms with Gasteiger partial charge in [0.05, 0.1) is 5.02 Å². The number of rotatable bonds is 6. The minimum Gasteiger partial charge on any atom is -0.314 e. The monoisotopic (exact) mass is 255 g/mol. The third-order valence-corrected chi connectivity index (χ3v) is 3.69. The highest BCUT2D eigenvalue weighted by molar-refractivity contribution is 6.31. The van der Waals surface area contributed by atoms with Crippen molar-refractivity contribution in [2.45, 2.75) is 38.6 Å². The van der Waals surface area contributed by atoms with Gasteiger partial charge in [0, 0.05) is 6.04 Å². The van der Waals surface area contributed by atoms with Crippen molar-refractivity contribution in [3.05, 3.63) is 34.6 Å². The fourth-order valence-electron chi connectivity index (χ4n) is 1.90. The Morgan fingerprint density at radius 3 is 2.94 bits per heavy atom. The minimum atomic E-state index is -0.312. The Kier molecular flexibility index (Phi) is 4.41. The fraction of sp³-hybridized carbons (Fsp3) is 0.571. The number of benzene rings is 1. The average molecular weight is 256 g/mol. The summed E-state index contributed by atoms with van der Waals surface area (Å²) in [5.41, 5.74) is 0.921. The molecule has 0 heterocycles. The molecule has 0 saturated heterocycles. The molecule has 1 aromatic carbocycles. The highest BCUT2D eigenvalue weighted by Gasteiger charge is 2.20. The van der Waals surface area contributed by atoms with E-state index in [0.717, 1.165) is 31.0 Å². The zero-order valence-electron chi connectivity index (χ0n) is 10.2. The first kappa shape index (κ1) is 12.8. The first-order valence-electron chi connectivity index (χ1n) is 6.33. The lowest BCUT2D eigenvalue weighted by Gasteiger charge is -2.12. The summed E-state index contributed by atoms with van der Waals surface area (Å²) < 4.78 is 13.2. The molecular formula is C14H19ClFN. The maximum Gasteiger partial charge on any atom is 0.142 e. The standard InChI is InChI=1S/C14H19ClFN/c1-10(9-17-12-7-8-12)5-6-11-3-2-4-13(16)14(11)15/h2-4,10,12,17H,5-9H2,1H3. The molecule has 2 rings (SSSR count). The van der Waals surface area contributed by atoms with E-state index in [1.54, 1.807) is 6.07 Å². The first-order valence-corrected chi connectivity index (χ1v) is 6.71. The third kappa shape index (κ3) is 3.97. The Labute approximate surface area is 107 Å². The Hall–Kier alpha value is -0.600. The van der Waals surface area contributed by atoms with Gasteiger partial charge in [0.25, 0.3) is 0 Å². The van der Waals surface area contributed by atoms with E-state index in [9.17, 15) is 4.39 Å². The maximum absolute atomic E-state index is 13.2. The summed E-state index contributed by atoms with van der Waals surface area (Å²) in [5.74, 6) is 0.294. The minimum absolute atomic E-state index is 0.287. The smallest absolute Gasteiger partial charge is 0.142 e. The van der Waals surface area contributed by atoms with Gasteiger partial charge in [-0.3, -0.25) is 0 Å². The predicted molar refractivity (Wildman–Crippen MR) is 69.9 cm³/mol. The van der Waals surface area contributed by atoms with Crippen LogP contribution in [-0.2, 0) is 6.42 Å². The van der Waals surface area contributed by atoms with Crippen LogP contribution in [0.1, 0.15) is 31.7 Å². The van der Waals surface area contributed by atoms with Gasteiger partial charge in [0.1, 0.15) is 5.82 Å². The summed E-state index contributed by atoms with van der Waals surface area (Å²) in [7, 11) is 0. The fourth-order valence-corrected chi connectivity index (χ4v) is 2.12. The first-order chi connectivity index (χ1) is 8.16. The SMILES string of the molecule is CC(CCc1cccc(F)c1Cl)CNC1CC1. The second kappa shape index (κ2) is 5.83. The molecule has 17 heavy (non-hydrogen) atoms. The van der Waals surface area contributed by atoms with Gasteiger partial charge in [-0.2, -0.15) is 0 Å². The van der Waals surface area contributed by atoms with Gasteiger partial charge < -0.3 is 5.32 Å². The van der Waals surface area contributed by atoms with Gasteiger partial charge >= 0.3 is 0 Å². The van der Waals surface area contributed by atoms with Gasteiger partial charge in [0.15, 0.2) is 0 Å². The summed E-state index contributed by atoms with van der Waals surface area (Å²) in [5, 5.41) is 3.80. The molecule has 94 valence electrons. The van der Waals surface area contributed by atoms with Crippen molar-refractivity contribution in [1.82, 2.24) is 5.32 Å². The van der Waals surface area contributed by atoms with Gasteiger partial charge in [0.2, 0.25) is 0 Å². The molecular weight excluding hydrogens is 237 g/mol. The molecule has 1 fully saturated rings. The number of hydrogen-bond donors (Lipinski definition) is 1. The molecule has 1 nitrogen and oxygen atoms in total. The zero-order chi connectivity index (χ0) is 12.3. The molecule has 1 unspecified atom stereocenters. The summed E-state index contributed by atoms with van der Waals surface area (Å²) >= 11 is 5.92. The molecule has 3 heteroatoms. The number of halogens is 2. The molecule has 1 atom stereocenters. The number of hydrogen-bond acceptors (Lipinski definition) is 1. The predicted octanol–water partition coefficient (Wildman–Crippen LogP) is 3.80. The zero-order valence-corrected chi connectivity index (χ0v) is 10.9. The Bertz CT molecular complexity index is 376. The van der Waals surface area contributed by atoms with E-state index < -0.39 is 0 Å². The molecule has 0 aromatic heterocycles. The largest absolute Gasteiger partial charge is 0.314 e. The van der Waals surface area contributed by atoms with Crippen molar-refractivity contribution in [1.29, 1.82) is 0 Å². The molecule has 1 aliphatic carbocycles. The summed E-state index contributed by atoms with van der Waals surface area (Å²) in [6, 6.07) is 5.80. The highest BCUT2D eigenvalue weighted by Crippen LogP contribution is 2.23. The van der Waals surface area contributed by atoms with Gasteiger partial charge in [-0.1, -0.05) is 30.7 Å². The second-order valence-corrected chi connectivity index (χ2v) is 5.42. The lowest BCUT2D eigenvalue weighted by atomic mass is 10.0. The van der Waals surface area contributed by atoms with Gasteiger partial charge in [-0.05, 0) is 49.8 Å². The maximum atomic E-state index is 13.2. The van der Waals surface area contributed by atoms with E-state index in [-0.39, 0.29) is 10.8 Å². The van der Waals surface area contributed by atoms with Crippen molar-refractivity contribution in [2.75, 3.05) is 6.54 Å². The van der Waals surface area contributed by atoms with Crippen LogP contribution in [0.25, 0.3) is 0 Å². The third-order valence-electron chi connectivity index (χ3n) is 3.27. The summed E-state index contributed by atoms with van der Waals surface area (Å²) in [6.45, 7) is 3.28. The van der Waals surface area contributed by atoms with Crippen LogP contribution < -0.4 is 5.32 Å². The van der Waals surface area contributed by atoms with Crippen molar-refractivity contribution in [3.8, 4) is 0 Å². The van der Waals surface area contributed by atoms with Crippen LogP contribution in [0, 0.1) is 11.7 Å². The summed E-state index contributed by atoms with van der Waals surface area (Å²) in [6.07, 6.45) is 4.54. The van der Waals surface area contributed by atoms with E-state index in [2.05, 4.69) is 12.2 Å². The van der Waals surface area contributed by atoms with Crippen LogP contribution in [0.5, 0.6) is 0 Å². The lowest BCUT2D eigenvalue weighted by molar-refractivity contribution is 0.479. The van der Waals surface area contributed by atoms with E-state index in [0.29, 0.717) is 5.92 Å². The van der Waals surface area contributed by atoms with Gasteiger partial charge in [-0.25, -0.2) is 4.39 Å². The van der Waals surface area contributed by atoms with Gasteiger partial charge in [-0.15, -0.1) is 0 Å². The normalized spacial score (nSPS) is 17.1. The molecule has 0 aliphatic heterocycles. The van der Waals surface area contributed by atoms with E-state index in [1.807, 2.05) is 6.07 Å². The Morgan fingerprint density at radius 2 is 2.24 bits per heavy atom.